The summed E-state index contributed by atoms with van der Waals surface area (Å²) in [5.74, 6) is 0.458. The van der Waals surface area contributed by atoms with Gasteiger partial charge in [0, 0.05) is 37.0 Å². The van der Waals surface area contributed by atoms with Crippen molar-refractivity contribution in [2.75, 3.05) is 25.6 Å². The average molecular weight is 497 g/mol. The summed E-state index contributed by atoms with van der Waals surface area (Å²) in [6.07, 6.45) is 8.14. The van der Waals surface area contributed by atoms with Gasteiger partial charge in [-0.05, 0) is 75.5 Å². The molecule has 2 aromatic rings. The number of aliphatic carboxylic acids is 1. The number of methoxy groups -OCH3 is 1. The number of carboxylic acid groups (broad SMARTS) is 1. The lowest BCUT2D eigenvalue weighted by molar-refractivity contribution is -0.140. The number of carboxylic acids is 1. The molecule has 3 heterocycles. The summed E-state index contributed by atoms with van der Waals surface area (Å²) >= 11 is 0. The van der Waals surface area contributed by atoms with E-state index in [1.807, 2.05) is 0 Å². The first-order valence-electron chi connectivity index (χ1n) is 12.7. The van der Waals surface area contributed by atoms with Crippen molar-refractivity contribution >= 4 is 17.7 Å². The van der Waals surface area contributed by atoms with Crippen LogP contribution in [0.3, 0.4) is 0 Å². The Morgan fingerprint density at radius 1 is 1.28 bits per heavy atom. The van der Waals surface area contributed by atoms with Gasteiger partial charge in [-0.2, -0.15) is 0 Å². The van der Waals surface area contributed by atoms with Crippen LogP contribution in [0.25, 0.3) is 0 Å². The van der Waals surface area contributed by atoms with E-state index in [-0.39, 0.29) is 19.1 Å². The molecule has 0 aromatic carbocycles. The minimum absolute atomic E-state index is 0.146. The SMILES string of the molecule is COc1ncc(C)c(C(=O)NC(CCOC2CC(CCc3ccc4c(n3)NCCC4)C2)C(=O)O)c1C. The van der Waals surface area contributed by atoms with Crippen molar-refractivity contribution in [2.45, 2.75) is 70.9 Å². The van der Waals surface area contributed by atoms with Crippen LogP contribution in [-0.2, 0) is 22.4 Å². The highest BCUT2D eigenvalue weighted by Crippen LogP contribution is 2.34. The van der Waals surface area contributed by atoms with Gasteiger partial charge in [-0.1, -0.05) is 6.07 Å². The Kier molecular flexibility index (Phi) is 8.40. The molecule has 0 spiro atoms. The molecule has 1 saturated carbocycles. The van der Waals surface area contributed by atoms with Crippen LogP contribution < -0.4 is 15.4 Å². The van der Waals surface area contributed by atoms with Crippen molar-refractivity contribution in [3.05, 3.63) is 46.3 Å². The lowest BCUT2D eigenvalue weighted by Gasteiger charge is -2.35. The Bertz CT molecular complexity index is 1100. The molecule has 4 rings (SSSR count). The van der Waals surface area contributed by atoms with Gasteiger partial charge in [0.2, 0.25) is 5.88 Å². The first-order chi connectivity index (χ1) is 17.4. The number of nitrogens with one attached hydrogen (secondary N) is 2. The molecule has 9 nitrogen and oxygen atoms in total. The number of carbonyl (C=O) groups excluding carboxylic acids is 1. The van der Waals surface area contributed by atoms with Crippen LogP contribution in [0.2, 0.25) is 0 Å². The molecular weight excluding hydrogens is 460 g/mol. The molecule has 2 aliphatic rings. The highest BCUT2D eigenvalue weighted by atomic mass is 16.5. The van der Waals surface area contributed by atoms with E-state index in [0.717, 1.165) is 56.6 Å². The number of hydrogen-bond donors (Lipinski definition) is 3. The smallest absolute Gasteiger partial charge is 0.326 e. The number of amides is 1. The lowest BCUT2D eigenvalue weighted by Crippen LogP contribution is -2.42. The van der Waals surface area contributed by atoms with Crippen LogP contribution in [0, 0.1) is 19.8 Å². The molecular formula is C27H36N4O5. The summed E-state index contributed by atoms with van der Waals surface area (Å²) in [6.45, 7) is 4.77. The number of hydrogen-bond acceptors (Lipinski definition) is 7. The van der Waals surface area contributed by atoms with E-state index >= 15 is 0 Å². The molecule has 1 fully saturated rings. The molecule has 36 heavy (non-hydrogen) atoms. The number of carbonyl (C=O) groups is 2. The van der Waals surface area contributed by atoms with Crippen molar-refractivity contribution < 1.29 is 24.2 Å². The monoisotopic (exact) mass is 496 g/mol. The van der Waals surface area contributed by atoms with Crippen molar-refractivity contribution in [3.63, 3.8) is 0 Å². The van der Waals surface area contributed by atoms with Gasteiger partial charge in [-0.15, -0.1) is 0 Å². The third-order valence-corrected chi connectivity index (χ3v) is 7.20. The zero-order valence-corrected chi connectivity index (χ0v) is 21.3. The van der Waals surface area contributed by atoms with Crippen LogP contribution in [-0.4, -0.2) is 59.4 Å². The van der Waals surface area contributed by atoms with E-state index in [0.29, 0.717) is 28.5 Å². The first kappa shape index (κ1) is 25.9. The topological polar surface area (TPSA) is 123 Å². The predicted octanol–water partition coefficient (Wildman–Crippen LogP) is 3.46. The largest absolute Gasteiger partial charge is 0.481 e. The fourth-order valence-corrected chi connectivity index (χ4v) is 5.02. The minimum Gasteiger partial charge on any atom is -0.481 e. The average Bonchev–Trinajstić information content (AvgIpc) is 2.84. The van der Waals surface area contributed by atoms with Gasteiger partial charge >= 0.3 is 5.97 Å². The summed E-state index contributed by atoms with van der Waals surface area (Å²) in [5.41, 5.74) is 4.07. The first-order valence-corrected chi connectivity index (χ1v) is 12.7. The number of anilines is 1. The van der Waals surface area contributed by atoms with Crippen LogP contribution in [0.4, 0.5) is 5.82 Å². The Balaban J connectivity index is 1.19. The van der Waals surface area contributed by atoms with E-state index < -0.39 is 17.9 Å². The van der Waals surface area contributed by atoms with Crippen LogP contribution >= 0.6 is 0 Å². The number of nitrogens with zero attached hydrogens (tertiary/aromatic N) is 2. The van der Waals surface area contributed by atoms with Gasteiger partial charge in [0.05, 0.1) is 18.8 Å². The Labute approximate surface area is 212 Å². The summed E-state index contributed by atoms with van der Waals surface area (Å²) in [7, 11) is 1.48. The predicted molar refractivity (Wildman–Crippen MR) is 136 cm³/mol. The van der Waals surface area contributed by atoms with Crippen molar-refractivity contribution in [1.82, 2.24) is 15.3 Å². The van der Waals surface area contributed by atoms with Gasteiger partial charge in [-0.25, -0.2) is 14.8 Å². The number of pyridine rings is 2. The Hall–Kier alpha value is -3.20. The van der Waals surface area contributed by atoms with Gasteiger partial charge in [0.15, 0.2) is 0 Å². The second kappa shape index (κ2) is 11.7. The highest BCUT2D eigenvalue weighted by molar-refractivity contribution is 5.99. The number of ether oxygens (including phenoxy) is 2. The molecule has 0 bridgehead atoms. The molecule has 9 heteroatoms. The fraction of sp³-hybridized carbons (Fsp3) is 0.556. The third kappa shape index (κ3) is 6.13. The molecule has 0 saturated heterocycles. The quantitative estimate of drug-likeness (QED) is 0.432. The van der Waals surface area contributed by atoms with E-state index in [1.165, 1.54) is 12.7 Å². The van der Waals surface area contributed by atoms with Crippen molar-refractivity contribution in [1.29, 1.82) is 0 Å². The third-order valence-electron chi connectivity index (χ3n) is 7.20. The van der Waals surface area contributed by atoms with E-state index in [2.05, 4.69) is 27.8 Å². The molecule has 3 N–H and O–H groups in total. The number of rotatable bonds is 11. The van der Waals surface area contributed by atoms with Crippen LogP contribution in [0.5, 0.6) is 5.88 Å². The molecule has 1 atom stereocenters. The molecule has 1 unspecified atom stereocenters. The minimum atomic E-state index is -1.08. The molecule has 2 aromatic heterocycles. The summed E-state index contributed by atoms with van der Waals surface area (Å²) < 4.78 is 11.1. The Morgan fingerprint density at radius 2 is 2.08 bits per heavy atom. The van der Waals surface area contributed by atoms with Gasteiger partial charge in [-0.3, -0.25) is 4.79 Å². The molecule has 1 amide bonds. The van der Waals surface area contributed by atoms with E-state index in [9.17, 15) is 14.7 Å². The van der Waals surface area contributed by atoms with Crippen molar-refractivity contribution in [2.24, 2.45) is 5.92 Å². The highest BCUT2D eigenvalue weighted by Gasteiger charge is 2.30. The molecule has 1 aliphatic heterocycles. The van der Waals surface area contributed by atoms with Crippen LogP contribution in [0.1, 0.15) is 64.8 Å². The zero-order valence-electron chi connectivity index (χ0n) is 21.3. The van der Waals surface area contributed by atoms with E-state index in [4.69, 9.17) is 14.5 Å². The fourth-order valence-electron chi connectivity index (χ4n) is 5.02. The normalized spacial score (nSPS) is 19.4. The standard InChI is InChI=1S/C27H36N4O5/c1-16-15-29-26(35-3)17(2)23(16)25(32)31-22(27(33)34)10-12-36-21-13-18(14-21)6-8-20-9-7-19-5-4-11-28-24(19)30-20/h7,9,15,18,21-22H,4-6,8,10-14H2,1-3H3,(H,28,30)(H,31,32)(H,33,34). The lowest BCUT2D eigenvalue weighted by atomic mass is 9.79. The van der Waals surface area contributed by atoms with Gasteiger partial charge in [0.1, 0.15) is 11.9 Å². The number of aromatic nitrogens is 2. The van der Waals surface area contributed by atoms with Crippen LogP contribution in [0.15, 0.2) is 18.3 Å². The zero-order chi connectivity index (χ0) is 25.7. The summed E-state index contributed by atoms with van der Waals surface area (Å²) in [6, 6.07) is 3.31. The van der Waals surface area contributed by atoms with Gasteiger partial charge < -0.3 is 25.2 Å². The van der Waals surface area contributed by atoms with E-state index in [1.54, 1.807) is 20.0 Å². The summed E-state index contributed by atoms with van der Waals surface area (Å²) in [5, 5.41) is 15.6. The maximum atomic E-state index is 12.8. The number of aryl methyl sites for hydroxylation is 3. The maximum absolute atomic E-state index is 12.8. The Morgan fingerprint density at radius 3 is 2.83 bits per heavy atom. The van der Waals surface area contributed by atoms with Crippen molar-refractivity contribution in [3.8, 4) is 5.88 Å². The maximum Gasteiger partial charge on any atom is 0.326 e. The molecule has 194 valence electrons. The molecule has 1 aliphatic carbocycles. The second-order valence-electron chi connectivity index (χ2n) is 9.81. The summed E-state index contributed by atoms with van der Waals surface area (Å²) in [4.78, 5) is 33.5. The molecule has 0 radical (unpaired) electrons. The number of fused-ring (bicyclic) bond motifs is 1. The second-order valence-corrected chi connectivity index (χ2v) is 9.81. The van der Waals surface area contributed by atoms with Gasteiger partial charge in [0.25, 0.3) is 5.91 Å².